The van der Waals surface area contributed by atoms with Crippen LogP contribution >= 0.6 is 15.9 Å². The first-order valence-electron chi connectivity index (χ1n) is 8.46. The maximum atomic E-state index is 12.7. The number of carbonyl (C=O) groups is 1. The molecule has 1 amide bonds. The maximum absolute atomic E-state index is 12.7. The van der Waals surface area contributed by atoms with E-state index in [4.69, 9.17) is 4.74 Å². The predicted octanol–water partition coefficient (Wildman–Crippen LogP) is 5.00. The first kappa shape index (κ1) is 20.6. The van der Waals surface area contributed by atoms with Gasteiger partial charge in [0.1, 0.15) is 11.4 Å². The maximum Gasteiger partial charge on any atom is 0.573 e. The zero-order valence-corrected chi connectivity index (χ0v) is 16.9. The second-order valence-electron chi connectivity index (χ2n) is 6.96. The van der Waals surface area contributed by atoms with Crippen LogP contribution in [0.15, 0.2) is 34.9 Å². The molecule has 2 heterocycles. The number of rotatable bonds is 4. The van der Waals surface area contributed by atoms with Crippen molar-refractivity contribution in [2.45, 2.75) is 45.4 Å². The minimum absolute atomic E-state index is 0.201. The van der Waals surface area contributed by atoms with Crippen LogP contribution in [0.2, 0.25) is 0 Å². The van der Waals surface area contributed by atoms with Crippen molar-refractivity contribution in [3.8, 4) is 5.75 Å². The fraction of sp³-hybridized carbons (Fsp3) is 0.368. The predicted molar refractivity (Wildman–Crippen MR) is 98.8 cm³/mol. The van der Waals surface area contributed by atoms with Gasteiger partial charge in [-0.1, -0.05) is 22.0 Å². The largest absolute Gasteiger partial charge is 0.573 e. The van der Waals surface area contributed by atoms with Gasteiger partial charge in [-0.05, 0) is 39.0 Å². The van der Waals surface area contributed by atoms with Crippen molar-refractivity contribution >= 4 is 21.8 Å². The number of hydrogen-bond acceptors (Lipinski definition) is 4. The van der Waals surface area contributed by atoms with Crippen molar-refractivity contribution in [2.75, 3.05) is 0 Å². The number of nitrogens with one attached hydrogen (secondary N) is 1. The zero-order chi connectivity index (χ0) is 20.7. The fourth-order valence-electron chi connectivity index (χ4n) is 3.05. The van der Waals surface area contributed by atoms with Crippen LogP contribution in [-0.4, -0.2) is 17.3 Å². The van der Waals surface area contributed by atoms with Gasteiger partial charge in [0.2, 0.25) is 0 Å². The molecule has 3 rings (SSSR count). The molecule has 0 fully saturated rings. The van der Waals surface area contributed by atoms with Crippen LogP contribution in [0, 0.1) is 0 Å². The van der Waals surface area contributed by atoms with Gasteiger partial charge in [-0.3, -0.25) is 9.78 Å². The standard InChI is InChI=1S/C19H18BrF3N2O3/c1-10(14-5-4-13(20)7-15(14)28-19(21,22)23)25-17(26)11-6-12-9-27-18(2,3)16(12)24-8-11/h4-8,10H,9H2,1-3H3,(H,25,26)/t10-/m0/s1. The summed E-state index contributed by atoms with van der Waals surface area (Å²) in [6.07, 6.45) is -3.40. The van der Waals surface area contributed by atoms with Gasteiger partial charge in [-0.15, -0.1) is 13.2 Å². The molecule has 1 aromatic heterocycles. The number of aromatic nitrogens is 1. The fourth-order valence-corrected chi connectivity index (χ4v) is 3.39. The highest BCUT2D eigenvalue weighted by molar-refractivity contribution is 9.10. The Kier molecular flexibility index (Phi) is 5.42. The zero-order valence-electron chi connectivity index (χ0n) is 15.4. The number of carbonyl (C=O) groups excluding carboxylic acids is 1. The summed E-state index contributed by atoms with van der Waals surface area (Å²) >= 11 is 3.12. The summed E-state index contributed by atoms with van der Waals surface area (Å²) in [5, 5.41) is 2.69. The molecule has 0 bridgehead atoms. The molecule has 1 N–H and O–H groups in total. The van der Waals surface area contributed by atoms with Crippen LogP contribution in [0.25, 0.3) is 0 Å². The van der Waals surface area contributed by atoms with Crippen LogP contribution in [-0.2, 0) is 16.9 Å². The Morgan fingerprint density at radius 2 is 2.07 bits per heavy atom. The van der Waals surface area contributed by atoms with Gasteiger partial charge in [0.25, 0.3) is 5.91 Å². The Morgan fingerprint density at radius 1 is 1.36 bits per heavy atom. The molecule has 0 saturated carbocycles. The van der Waals surface area contributed by atoms with Crippen molar-refractivity contribution in [1.82, 2.24) is 10.3 Å². The molecule has 1 aliphatic rings. The minimum atomic E-state index is -4.84. The Balaban J connectivity index is 1.80. The Morgan fingerprint density at radius 3 is 2.75 bits per heavy atom. The van der Waals surface area contributed by atoms with Gasteiger partial charge in [0.05, 0.1) is 23.9 Å². The quantitative estimate of drug-likeness (QED) is 0.700. The summed E-state index contributed by atoms with van der Waals surface area (Å²) < 4.78 is 48.2. The number of fused-ring (bicyclic) bond motifs is 1. The molecule has 28 heavy (non-hydrogen) atoms. The highest BCUT2D eigenvalue weighted by Gasteiger charge is 2.34. The van der Waals surface area contributed by atoms with Crippen LogP contribution < -0.4 is 10.1 Å². The molecule has 9 heteroatoms. The molecule has 1 aliphatic heterocycles. The van der Waals surface area contributed by atoms with Gasteiger partial charge < -0.3 is 14.8 Å². The lowest BCUT2D eigenvalue weighted by molar-refractivity contribution is -0.275. The normalized spacial score (nSPS) is 16.4. The molecule has 1 atom stereocenters. The molecule has 0 unspecified atom stereocenters. The van der Waals surface area contributed by atoms with E-state index in [-0.39, 0.29) is 11.3 Å². The molecule has 150 valence electrons. The highest BCUT2D eigenvalue weighted by atomic mass is 79.9. The lowest BCUT2D eigenvalue weighted by Gasteiger charge is -2.20. The second kappa shape index (κ2) is 7.36. The SMILES string of the molecule is C[C@H](NC(=O)c1cnc2c(c1)COC2(C)C)c1ccc(Br)cc1OC(F)(F)F. The molecule has 0 spiro atoms. The number of hydrogen-bond donors (Lipinski definition) is 1. The van der Waals surface area contributed by atoms with Gasteiger partial charge in [-0.25, -0.2) is 0 Å². The van der Waals surface area contributed by atoms with E-state index in [1.165, 1.54) is 18.3 Å². The summed E-state index contributed by atoms with van der Waals surface area (Å²) in [6.45, 7) is 5.71. The van der Waals surface area contributed by atoms with Crippen molar-refractivity contribution in [3.05, 3.63) is 57.3 Å². The van der Waals surface area contributed by atoms with Gasteiger partial charge in [0, 0.05) is 21.8 Å². The van der Waals surface area contributed by atoms with Gasteiger partial charge in [-0.2, -0.15) is 0 Å². The van der Waals surface area contributed by atoms with E-state index in [9.17, 15) is 18.0 Å². The average molecular weight is 459 g/mol. The summed E-state index contributed by atoms with van der Waals surface area (Å²) in [6, 6.07) is 5.22. The number of alkyl halides is 3. The Hall–Kier alpha value is -2.13. The lowest BCUT2D eigenvalue weighted by Crippen LogP contribution is -2.28. The first-order chi connectivity index (χ1) is 13.0. The molecule has 1 aromatic carbocycles. The number of ether oxygens (including phenoxy) is 2. The third kappa shape index (κ3) is 4.47. The van der Waals surface area contributed by atoms with Crippen LogP contribution in [0.3, 0.4) is 0 Å². The van der Waals surface area contributed by atoms with Crippen molar-refractivity contribution in [2.24, 2.45) is 0 Å². The van der Waals surface area contributed by atoms with Crippen molar-refractivity contribution in [3.63, 3.8) is 0 Å². The van der Waals surface area contributed by atoms with Crippen LogP contribution in [0.5, 0.6) is 5.75 Å². The lowest BCUT2D eigenvalue weighted by atomic mass is 10.0. The van der Waals surface area contributed by atoms with Crippen molar-refractivity contribution in [1.29, 1.82) is 0 Å². The van der Waals surface area contributed by atoms with Gasteiger partial charge >= 0.3 is 6.36 Å². The topological polar surface area (TPSA) is 60.5 Å². The molecule has 0 radical (unpaired) electrons. The summed E-state index contributed by atoms with van der Waals surface area (Å²) in [4.78, 5) is 16.9. The molecular formula is C19H18BrF3N2O3. The molecule has 0 aliphatic carbocycles. The van der Waals surface area contributed by atoms with E-state index >= 15 is 0 Å². The number of halogens is 4. The van der Waals surface area contributed by atoms with E-state index < -0.39 is 23.9 Å². The summed E-state index contributed by atoms with van der Waals surface area (Å²) in [5.74, 6) is -0.828. The van der Waals surface area contributed by atoms with E-state index in [1.807, 2.05) is 13.8 Å². The summed E-state index contributed by atoms with van der Waals surface area (Å²) in [7, 11) is 0. The number of amides is 1. The molecule has 5 nitrogen and oxygen atoms in total. The average Bonchev–Trinajstić information content (AvgIpc) is 2.88. The van der Waals surface area contributed by atoms with E-state index in [1.54, 1.807) is 19.1 Å². The highest BCUT2D eigenvalue weighted by Crippen LogP contribution is 2.35. The monoisotopic (exact) mass is 458 g/mol. The first-order valence-corrected chi connectivity index (χ1v) is 9.25. The molecular weight excluding hydrogens is 441 g/mol. The van der Waals surface area contributed by atoms with Crippen LogP contribution in [0.1, 0.15) is 54.0 Å². The van der Waals surface area contributed by atoms with Crippen LogP contribution in [0.4, 0.5) is 13.2 Å². The summed E-state index contributed by atoms with van der Waals surface area (Å²) in [5.41, 5.74) is 1.58. The number of benzene rings is 1. The third-order valence-electron chi connectivity index (χ3n) is 4.40. The third-order valence-corrected chi connectivity index (χ3v) is 4.90. The van der Waals surface area contributed by atoms with Crippen molar-refractivity contribution < 1.29 is 27.4 Å². The smallest absolute Gasteiger partial charge is 0.405 e. The van der Waals surface area contributed by atoms with E-state index in [0.29, 0.717) is 16.6 Å². The number of nitrogens with zero attached hydrogens (tertiary/aromatic N) is 1. The number of pyridine rings is 1. The molecule has 0 saturated heterocycles. The second-order valence-corrected chi connectivity index (χ2v) is 7.87. The van der Waals surface area contributed by atoms with E-state index in [0.717, 1.165) is 11.3 Å². The molecule has 2 aromatic rings. The Bertz CT molecular complexity index is 916. The Labute approximate surface area is 168 Å². The van der Waals surface area contributed by atoms with E-state index in [2.05, 4.69) is 31.0 Å². The van der Waals surface area contributed by atoms with Gasteiger partial charge in [0.15, 0.2) is 0 Å². The minimum Gasteiger partial charge on any atom is -0.405 e.